The van der Waals surface area contributed by atoms with Crippen LogP contribution in [0.3, 0.4) is 0 Å². The Bertz CT molecular complexity index is 553. The van der Waals surface area contributed by atoms with Crippen molar-refractivity contribution in [3.63, 3.8) is 0 Å². The van der Waals surface area contributed by atoms with Crippen LogP contribution in [-0.4, -0.2) is 14.5 Å². The van der Waals surface area contributed by atoms with Crippen molar-refractivity contribution in [1.29, 1.82) is 0 Å². The van der Waals surface area contributed by atoms with Gasteiger partial charge in [-0.05, 0) is 40.4 Å². The molecule has 0 aliphatic heterocycles. The molecule has 0 radical (unpaired) electrons. The lowest BCUT2D eigenvalue weighted by Gasteiger charge is -2.11. The molecule has 19 heavy (non-hydrogen) atoms. The quantitative estimate of drug-likeness (QED) is 0.856. The van der Waals surface area contributed by atoms with Crippen molar-refractivity contribution in [2.75, 3.05) is 0 Å². The van der Waals surface area contributed by atoms with Crippen molar-refractivity contribution in [3.05, 3.63) is 34.8 Å². The van der Waals surface area contributed by atoms with Gasteiger partial charge in [-0.3, -0.25) is 4.98 Å². The van der Waals surface area contributed by atoms with Gasteiger partial charge in [0.1, 0.15) is 5.69 Å². The predicted molar refractivity (Wildman–Crippen MR) is 79.8 cm³/mol. The molecule has 2 heterocycles. The zero-order valence-corrected chi connectivity index (χ0v) is 12.7. The Morgan fingerprint density at radius 3 is 2.74 bits per heavy atom. The van der Waals surface area contributed by atoms with E-state index in [2.05, 4.69) is 37.5 Å². The van der Waals surface area contributed by atoms with E-state index in [9.17, 15) is 0 Å². The molecular formula is C15H18BrN3. The maximum atomic E-state index is 4.54. The summed E-state index contributed by atoms with van der Waals surface area (Å²) in [6.07, 6.45) is 10.4. The molecule has 0 atom stereocenters. The average molecular weight is 320 g/mol. The molecule has 3 rings (SSSR count). The van der Waals surface area contributed by atoms with Crippen molar-refractivity contribution in [2.45, 2.75) is 32.1 Å². The fourth-order valence-corrected chi connectivity index (χ4v) is 3.15. The largest absolute Gasteiger partial charge is 0.337 e. The van der Waals surface area contributed by atoms with Crippen LogP contribution in [0, 0.1) is 5.92 Å². The van der Waals surface area contributed by atoms with Crippen LogP contribution in [0.5, 0.6) is 0 Å². The van der Waals surface area contributed by atoms with Gasteiger partial charge in [0.15, 0.2) is 0 Å². The van der Waals surface area contributed by atoms with E-state index in [1.807, 2.05) is 24.7 Å². The minimum absolute atomic E-state index is 0.824. The summed E-state index contributed by atoms with van der Waals surface area (Å²) in [5.41, 5.74) is 3.33. The minimum Gasteiger partial charge on any atom is -0.337 e. The number of hydrogen-bond donors (Lipinski definition) is 0. The van der Waals surface area contributed by atoms with Crippen LogP contribution in [0.1, 0.15) is 31.4 Å². The molecular weight excluding hydrogens is 302 g/mol. The summed E-state index contributed by atoms with van der Waals surface area (Å²) in [6, 6.07) is 4.06. The van der Waals surface area contributed by atoms with E-state index >= 15 is 0 Å². The first-order valence-corrected chi connectivity index (χ1v) is 7.65. The molecule has 0 aromatic carbocycles. The van der Waals surface area contributed by atoms with Gasteiger partial charge in [0.05, 0.1) is 12.0 Å². The maximum Gasteiger partial charge on any atom is 0.110 e. The minimum atomic E-state index is 0.824. The highest BCUT2D eigenvalue weighted by Gasteiger charge is 2.20. The molecule has 1 aliphatic carbocycles. The summed E-state index contributed by atoms with van der Waals surface area (Å²) >= 11 is 3.42. The molecule has 0 spiro atoms. The van der Waals surface area contributed by atoms with E-state index in [0.29, 0.717) is 0 Å². The topological polar surface area (TPSA) is 30.7 Å². The van der Waals surface area contributed by atoms with Gasteiger partial charge in [0.25, 0.3) is 0 Å². The Labute approximate surface area is 122 Å². The maximum absolute atomic E-state index is 4.54. The number of hydrogen-bond acceptors (Lipinski definition) is 2. The molecule has 1 saturated carbocycles. The first-order valence-electron chi connectivity index (χ1n) is 6.86. The number of imidazole rings is 1. The van der Waals surface area contributed by atoms with Crippen LogP contribution in [0.25, 0.3) is 11.4 Å². The Balaban J connectivity index is 1.91. The predicted octanol–water partition coefficient (Wildman–Crippen LogP) is 3.98. The van der Waals surface area contributed by atoms with Crippen LogP contribution in [0.2, 0.25) is 0 Å². The summed E-state index contributed by atoms with van der Waals surface area (Å²) in [5.74, 6) is 0.824. The summed E-state index contributed by atoms with van der Waals surface area (Å²) in [7, 11) is 2.08. The second-order valence-corrected chi connectivity index (χ2v) is 6.28. The number of halogens is 1. The SMILES string of the molecule is Cn1cnc(-c2ccc(Br)cn2)c1CC1CCCC1. The number of rotatable bonds is 3. The Morgan fingerprint density at radius 1 is 1.26 bits per heavy atom. The first kappa shape index (κ1) is 12.9. The van der Waals surface area contributed by atoms with Crippen molar-refractivity contribution < 1.29 is 0 Å². The van der Waals surface area contributed by atoms with Crippen molar-refractivity contribution in [3.8, 4) is 11.4 Å². The van der Waals surface area contributed by atoms with Crippen LogP contribution >= 0.6 is 15.9 Å². The summed E-state index contributed by atoms with van der Waals surface area (Å²) in [5, 5.41) is 0. The second kappa shape index (κ2) is 5.45. The number of nitrogens with zero attached hydrogens (tertiary/aromatic N) is 3. The van der Waals surface area contributed by atoms with E-state index in [0.717, 1.165) is 28.2 Å². The molecule has 1 fully saturated rings. The van der Waals surface area contributed by atoms with Crippen molar-refractivity contribution >= 4 is 15.9 Å². The van der Waals surface area contributed by atoms with E-state index in [4.69, 9.17) is 0 Å². The third-order valence-electron chi connectivity index (χ3n) is 3.99. The Kier molecular flexibility index (Phi) is 3.69. The van der Waals surface area contributed by atoms with Gasteiger partial charge in [-0.2, -0.15) is 0 Å². The van der Waals surface area contributed by atoms with E-state index in [1.54, 1.807) is 0 Å². The molecule has 100 valence electrons. The summed E-state index contributed by atoms with van der Waals surface area (Å²) in [6.45, 7) is 0. The van der Waals surface area contributed by atoms with Gasteiger partial charge < -0.3 is 4.57 Å². The lowest BCUT2D eigenvalue weighted by atomic mass is 10.00. The zero-order valence-electron chi connectivity index (χ0n) is 11.1. The van der Waals surface area contributed by atoms with Crippen LogP contribution < -0.4 is 0 Å². The lowest BCUT2D eigenvalue weighted by molar-refractivity contribution is 0.530. The summed E-state index contributed by atoms with van der Waals surface area (Å²) in [4.78, 5) is 9.02. The average Bonchev–Trinajstić information content (AvgIpc) is 3.03. The van der Waals surface area contributed by atoms with Crippen LogP contribution in [0.4, 0.5) is 0 Å². The summed E-state index contributed by atoms with van der Waals surface area (Å²) < 4.78 is 3.15. The highest BCUT2D eigenvalue weighted by Crippen LogP contribution is 2.31. The van der Waals surface area contributed by atoms with Crippen molar-refractivity contribution in [1.82, 2.24) is 14.5 Å². The van der Waals surface area contributed by atoms with Crippen LogP contribution in [0.15, 0.2) is 29.1 Å². The fourth-order valence-electron chi connectivity index (χ4n) is 2.91. The normalized spacial score (nSPS) is 16.1. The molecule has 1 aliphatic rings. The van der Waals surface area contributed by atoms with Gasteiger partial charge in [-0.25, -0.2) is 4.98 Å². The monoisotopic (exact) mass is 319 g/mol. The van der Waals surface area contributed by atoms with Gasteiger partial charge in [0.2, 0.25) is 0 Å². The number of aromatic nitrogens is 3. The van der Waals surface area contributed by atoms with E-state index in [1.165, 1.54) is 31.4 Å². The first-order chi connectivity index (χ1) is 9.24. The standard InChI is InChI=1S/C15H18BrN3/c1-19-10-18-15(13-7-6-12(16)9-17-13)14(19)8-11-4-2-3-5-11/h6-7,9-11H,2-5,8H2,1H3. The molecule has 0 bridgehead atoms. The Morgan fingerprint density at radius 2 is 2.05 bits per heavy atom. The van der Waals surface area contributed by atoms with E-state index < -0.39 is 0 Å². The third-order valence-corrected chi connectivity index (χ3v) is 4.46. The molecule has 0 unspecified atom stereocenters. The van der Waals surface area contributed by atoms with Gasteiger partial charge >= 0.3 is 0 Å². The lowest BCUT2D eigenvalue weighted by Crippen LogP contribution is -2.05. The molecule has 3 nitrogen and oxygen atoms in total. The smallest absolute Gasteiger partial charge is 0.110 e. The zero-order chi connectivity index (χ0) is 13.2. The third kappa shape index (κ3) is 2.73. The number of pyridine rings is 1. The fraction of sp³-hybridized carbons (Fsp3) is 0.467. The van der Waals surface area contributed by atoms with Crippen molar-refractivity contribution in [2.24, 2.45) is 13.0 Å². The number of aryl methyl sites for hydroxylation is 1. The highest BCUT2D eigenvalue weighted by molar-refractivity contribution is 9.10. The van der Waals surface area contributed by atoms with E-state index in [-0.39, 0.29) is 0 Å². The van der Waals surface area contributed by atoms with Gasteiger partial charge in [0, 0.05) is 23.4 Å². The molecule has 4 heteroatoms. The molecule has 0 amide bonds. The Hall–Kier alpha value is -1.16. The van der Waals surface area contributed by atoms with Crippen LogP contribution in [-0.2, 0) is 13.5 Å². The molecule has 2 aromatic rings. The molecule has 2 aromatic heterocycles. The van der Waals surface area contributed by atoms with Gasteiger partial charge in [-0.15, -0.1) is 0 Å². The molecule has 0 N–H and O–H groups in total. The highest BCUT2D eigenvalue weighted by atomic mass is 79.9. The van der Waals surface area contributed by atoms with Gasteiger partial charge in [-0.1, -0.05) is 25.7 Å². The second-order valence-electron chi connectivity index (χ2n) is 5.37. The molecule has 0 saturated heterocycles.